The Morgan fingerprint density at radius 3 is 1.89 bits per heavy atom. The van der Waals surface area contributed by atoms with E-state index >= 15 is 9.59 Å². The highest BCUT2D eigenvalue weighted by Gasteiger charge is 2.81. The maximum absolute atomic E-state index is 16.3. The molecule has 10 atom stereocenters. The predicted octanol–water partition coefficient (Wildman–Crippen LogP) is 10.3. The zero-order valence-corrected chi connectivity index (χ0v) is 49.1. The van der Waals surface area contributed by atoms with Gasteiger partial charge in [0.2, 0.25) is 14.1 Å². The van der Waals surface area contributed by atoms with Crippen molar-refractivity contribution in [1.29, 1.82) is 0 Å². The van der Waals surface area contributed by atoms with Crippen LogP contribution in [0.25, 0.3) is 0 Å². The molecular formula is C57H86N2O13Si2. The van der Waals surface area contributed by atoms with Crippen LogP contribution in [0.4, 0.5) is 4.79 Å². The van der Waals surface area contributed by atoms with Gasteiger partial charge in [0.15, 0.2) is 25.8 Å². The summed E-state index contributed by atoms with van der Waals surface area (Å²) in [6.07, 6.45) is -6.42. The summed E-state index contributed by atoms with van der Waals surface area (Å²) in [5.74, 6) is -5.99. The van der Waals surface area contributed by atoms with Crippen molar-refractivity contribution < 1.29 is 61.6 Å². The van der Waals surface area contributed by atoms with Gasteiger partial charge in [-0.25, -0.2) is 9.59 Å². The molecule has 15 nitrogen and oxygen atoms in total. The molecular weight excluding hydrogens is 977 g/mol. The zero-order valence-electron chi connectivity index (χ0n) is 47.1. The predicted molar refractivity (Wildman–Crippen MR) is 287 cm³/mol. The number of rotatable bonds is 19. The molecule has 0 radical (unpaired) electrons. The van der Waals surface area contributed by atoms with Crippen molar-refractivity contribution in [2.24, 2.45) is 16.7 Å². The van der Waals surface area contributed by atoms with E-state index < -0.39 is 117 Å². The first-order valence-corrected chi connectivity index (χ1v) is 31.5. The highest BCUT2D eigenvalue weighted by Crippen LogP contribution is 2.66. The van der Waals surface area contributed by atoms with Gasteiger partial charge < -0.3 is 48.3 Å². The number of hydrogen-bond donors (Lipinski definition) is 3. The molecule has 2 aromatic rings. The maximum atomic E-state index is 16.3. The third kappa shape index (κ3) is 10.5. The average molecular weight is 1060 g/mol. The number of alkyl carbamates (subject to hydrolysis) is 1. The molecule has 3 heterocycles. The lowest BCUT2D eigenvalue weighted by atomic mass is 9.49. The summed E-state index contributed by atoms with van der Waals surface area (Å²) < 4.78 is 46.5. The first kappa shape index (κ1) is 59.0. The molecule has 74 heavy (non-hydrogen) atoms. The van der Waals surface area contributed by atoms with E-state index in [0.29, 0.717) is 16.7 Å². The van der Waals surface area contributed by atoms with Gasteiger partial charge in [-0.05, 0) is 92.6 Å². The highest BCUT2D eigenvalue weighted by molar-refractivity contribution is 6.77. The number of fused-ring (bicyclic) bond motifs is 5. The summed E-state index contributed by atoms with van der Waals surface area (Å²) in [7, 11) is -5.41. The fraction of sp³-hybridized carbons (Fsp3) is 0.667. The summed E-state index contributed by atoms with van der Waals surface area (Å²) in [6.45, 7) is 32.4. The third-order valence-corrected chi connectivity index (χ3v) is 28.0. The van der Waals surface area contributed by atoms with Gasteiger partial charge in [0.1, 0.15) is 23.9 Å². The average Bonchev–Trinajstić information content (AvgIpc) is 3.51. The van der Waals surface area contributed by atoms with Crippen molar-refractivity contribution in [2.45, 2.75) is 212 Å². The normalized spacial score (nSPS) is 29.0. The second-order valence-electron chi connectivity index (χ2n) is 23.9. The number of benzene rings is 2. The Labute approximate surface area is 442 Å². The molecule has 3 aliphatic heterocycles. The lowest BCUT2D eigenvalue weighted by molar-refractivity contribution is -0.355. The van der Waals surface area contributed by atoms with Gasteiger partial charge in [0, 0.05) is 25.3 Å². The van der Waals surface area contributed by atoms with Crippen LogP contribution in [0.3, 0.4) is 0 Å². The number of hydrogen-bond acceptors (Lipinski definition) is 13. The second-order valence-corrected chi connectivity index (χ2v) is 34.0. The molecule has 4 fully saturated rings. The van der Waals surface area contributed by atoms with E-state index in [1.165, 1.54) is 6.92 Å². The number of nitrogens with one attached hydrogen (secondary N) is 2. The Bertz CT molecular complexity index is 2370. The Kier molecular flexibility index (Phi) is 17.6. The van der Waals surface area contributed by atoms with E-state index in [-0.39, 0.29) is 41.8 Å². The number of carbonyl (C=O) groups excluding carboxylic acids is 5. The zero-order chi connectivity index (χ0) is 55.1. The van der Waals surface area contributed by atoms with Crippen LogP contribution in [-0.2, 0) is 46.9 Å². The molecule has 6 rings (SSSR count). The number of esters is 2. The lowest BCUT2D eigenvalue weighted by Gasteiger charge is -2.65. The molecule has 1 saturated carbocycles. The summed E-state index contributed by atoms with van der Waals surface area (Å²) in [4.78, 5) is 73.2. The molecule has 17 heteroatoms. The third-order valence-electron chi connectivity index (χ3n) is 17.2. The molecule has 3 N–H and O–H groups in total. The summed E-state index contributed by atoms with van der Waals surface area (Å²) in [5, 5.41) is 19.8. The van der Waals surface area contributed by atoms with Crippen LogP contribution in [0.2, 0.25) is 34.8 Å². The Morgan fingerprint density at radius 1 is 0.851 bits per heavy atom. The highest BCUT2D eigenvalue weighted by atomic mass is 28.4. The van der Waals surface area contributed by atoms with Crippen molar-refractivity contribution in [3.05, 3.63) is 82.9 Å². The van der Waals surface area contributed by atoms with Crippen molar-refractivity contribution in [1.82, 2.24) is 10.6 Å². The van der Waals surface area contributed by atoms with Gasteiger partial charge in [-0.2, -0.15) is 0 Å². The topological polar surface area (TPSA) is 194 Å². The van der Waals surface area contributed by atoms with E-state index in [2.05, 4.69) is 72.9 Å². The molecule has 2 aromatic carbocycles. The minimum atomic E-state index is -2.87. The molecule has 2 unspecified atom stereocenters. The van der Waals surface area contributed by atoms with Crippen LogP contribution in [-0.4, -0.2) is 112 Å². The Balaban J connectivity index is 1.53. The number of amides is 2. The monoisotopic (exact) mass is 1060 g/mol. The Hall–Kier alpha value is -4.24. The van der Waals surface area contributed by atoms with E-state index in [4.69, 9.17) is 32.5 Å². The number of ketones is 1. The molecule has 2 bridgehead atoms. The van der Waals surface area contributed by atoms with E-state index in [9.17, 15) is 19.5 Å². The van der Waals surface area contributed by atoms with Crippen LogP contribution in [0.1, 0.15) is 146 Å². The fourth-order valence-corrected chi connectivity index (χ4v) is 21.7. The summed E-state index contributed by atoms with van der Waals surface area (Å²) >= 11 is 0. The van der Waals surface area contributed by atoms with Gasteiger partial charge in [0.05, 0.1) is 35.6 Å². The number of Topliss-reactive ketones (excluding diaryl/α,β-unsaturated/α-hetero) is 1. The maximum Gasteiger partial charge on any atom is 0.408 e. The Morgan fingerprint density at radius 2 is 1.41 bits per heavy atom. The van der Waals surface area contributed by atoms with E-state index in [1.807, 2.05) is 30.3 Å². The van der Waals surface area contributed by atoms with Gasteiger partial charge in [-0.15, -0.1) is 0 Å². The van der Waals surface area contributed by atoms with Gasteiger partial charge in [-0.1, -0.05) is 130 Å². The molecule has 1 aliphatic carbocycles. The summed E-state index contributed by atoms with van der Waals surface area (Å²) in [5.41, 5.74) is -3.54. The first-order valence-electron chi connectivity index (χ1n) is 26.9. The molecule has 3 saturated heterocycles. The molecule has 0 aromatic heterocycles. The van der Waals surface area contributed by atoms with Crippen LogP contribution >= 0.6 is 0 Å². The first-order chi connectivity index (χ1) is 34.5. The van der Waals surface area contributed by atoms with E-state index in [0.717, 1.165) is 18.1 Å². The van der Waals surface area contributed by atoms with Crippen molar-refractivity contribution in [3.63, 3.8) is 0 Å². The van der Waals surface area contributed by atoms with E-state index in [1.54, 1.807) is 78.8 Å². The minimum absolute atomic E-state index is 0.0642. The number of carbonyl (C=O) groups is 5. The number of ether oxygens (including phenoxy) is 5. The fourth-order valence-electron chi connectivity index (χ4n) is 13.3. The van der Waals surface area contributed by atoms with Gasteiger partial charge in [-0.3, -0.25) is 14.4 Å². The van der Waals surface area contributed by atoms with Crippen LogP contribution in [0.5, 0.6) is 0 Å². The summed E-state index contributed by atoms with van der Waals surface area (Å²) in [6, 6.07) is 18.9. The lowest BCUT2D eigenvalue weighted by Crippen LogP contribution is -2.80. The second kappa shape index (κ2) is 22.0. The van der Waals surface area contributed by atoms with Crippen LogP contribution in [0, 0.1) is 16.7 Å². The molecule has 4 aliphatic rings. The van der Waals surface area contributed by atoms with Crippen LogP contribution in [0.15, 0.2) is 71.8 Å². The van der Waals surface area contributed by atoms with Gasteiger partial charge in [0.25, 0.3) is 5.91 Å². The van der Waals surface area contributed by atoms with Crippen molar-refractivity contribution in [2.75, 3.05) is 13.2 Å². The standard InChI is InChI=1S/C57H86N2O13Si2/c1-18-73(19-2,20-3)71-41-31-42-56(33-66-42,68-38(11)60)47-49(67-51(63)40-29-25-22-26-30-40)57(65)54(15,16)43(45(69-57)48(61)55(41,47)17)37(10)32-58-50(62)46(72-74(34(4)5,35(6)7)36(8)9)44(39-27-23-21-24-28-39)59-52(64)70-53(12,13)14/h21-30,34-36,41-42,44-47,49,65H,18-20,31-33H2,1-17H3,(H,58,62)(H,59,64)/b43-37-/t41-,42+,44-,45+,46+,47?,49?,55+,56-,57+/m0/s1. The number of aliphatic hydroxyl groups is 1. The molecule has 410 valence electrons. The van der Waals surface area contributed by atoms with Gasteiger partial charge >= 0.3 is 18.0 Å². The van der Waals surface area contributed by atoms with Crippen LogP contribution < -0.4 is 10.6 Å². The minimum Gasteiger partial charge on any atom is -0.453 e. The van der Waals surface area contributed by atoms with Crippen molar-refractivity contribution >= 4 is 46.4 Å². The largest absolute Gasteiger partial charge is 0.453 e. The SMILES string of the molecule is CC[Si](CC)(CC)O[C@H]1C[C@H]2OC[C@@]2(OC(C)=O)C2C(OC(=O)c3ccccc3)[C@@]3(O)O[C@@H](C(=O)[C@@]21C)/C(=C(\C)CNC(=O)[C@H](O[Si](C(C)C)(C(C)C)C(C)C)[C@@H](NC(=O)OC(C)(C)C)c1ccccc1)C3(C)C. The smallest absolute Gasteiger partial charge is 0.408 e. The molecule has 2 amide bonds. The quantitative estimate of drug-likeness (QED) is 0.0521. The molecule has 0 spiro atoms. The van der Waals surface area contributed by atoms with Crippen molar-refractivity contribution in [3.8, 4) is 0 Å².